The smallest absolute Gasteiger partial charge is 0.231 e. The first kappa shape index (κ1) is 15.8. The summed E-state index contributed by atoms with van der Waals surface area (Å²) in [5.41, 5.74) is 7.42. The number of fused-ring (bicyclic) bond motifs is 3. The van der Waals surface area contributed by atoms with E-state index in [9.17, 15) is 4.79 Å². The summed E-state index contributed by atoms with van der Waals surface area (Å²) in [6.45, 7) is 0.881. The molecule has 5 nitrogen and oxygen atoms in total. The quantitative estimate of drug-likeness (QED) is 0.925. The SMILES string of the molecule is CN(Cc1ccc2c(c1)OCO2)C(=O)C1CC2CCCC(C1)C2N. The number of rotatable bonds is 3. The number of carbonyl (C=O) groups is 1. The molecular weight excluding hydrogens is 304 g/mol. The van der Waals surface area contributed by atoms with Crippen molar-refractivity contribution in [3.8, 4) is 11.5 Å². The first-order chi connectivity index (χ1) is 11.6. The van der Waals surface area contributed by atoms with Crippen LogP contribution < -0.4 is 15.2 Å². The van der Waals surface area contributed by atoms with Crippen molar-refractivity contribution in [2.75, 3.05) is 13.8 Å². The summed E-state index contributed by atoms with van der Waals surface area (Å²) in [5.74, 6) is 3.01. The van der Waals surface area contributed by atoms with Crippen LogP contribution in [0.4, 0.5) is 0 Å². The molecule has 1 amide bonds. The second kappa shape index (κ2) is 6.28. The molecule has 2 fully saturated rings. The summed E-state index contributed by atoms with van der Waals surface area (Å²) in [6.07, 6.45) is 5.57. The maximum atomic E-state index is 12.9. The molecule has 0 radical (unpaired) electrons. The maximum absolute atomic E-state index is 12.9. The van der Waals surface area contributed by atoms with Gasteiger partial charge in [0.2, 0.25) is 12.7 Å². The Morgan fingerprint density at radius 2 is 1.92 bits per heavy atom. The van der Waals surface area contributed by atoms with Crippen LogP contribution in [0, 0.1) is 17.8 Å². The molecule has 130 valence electrons. The van der Waals surface area contributed by atoms with Gasteiger partial charge in [0.1, 0.15) is 0 Å². The van der Waals surface area contributed by atoms with Crippen LogP contribution in [0.3, 0.4) is 0 Å². The molecule has 2 bridgehead atoms. The Bertz CT molecular complexity index is 619. The zero-order valence-corrected chi connectivity index (χ0v) is 14.2. The van der Waals surface area contributed by atoms with Gasteiger partial charge in [0, 0.05) is 25.6 Å². The van der Waals surface area contributed by atoms with Gasteiger partial charge in [-0.15, -0.1) is 0 Å². The monoisotopic (exact) mass is 330 g/mol. The Balaban J connectivity index is 1.41. The zero-order chi connectivity index (χ0) is 16.7. The third kappa shape index (κ3) is 2.86. The van der Waals surface area contributed by atoms with Gasteiger partial charge in [0.05, 0.1) is 0 Å². The van der Waals surface area contributed by atoms with E-state index >= 15 is 0 Å². The van der Waals surface area contributed by atoms with Crippen LogP contribution in [0.2, 0.25) is 0 Å². The standard InChI is InChI=1S/C19H26N2O3/c1-21(10-12-5-6-16-17(7-12)24-11-23-16)19(22)15-8-13-3-2-4-14(9-15)18(13)20/h5-7,13-15,18H,2-4,8-11,20H2,1H3. The number of nitrogens with zero attached hydrogens (tertiary/aromatic N) is 1. The molecule has 1 aromatic rings. The van der Waals surface area contributed by atoms with Crippen molar-refractivity contribution in [1.82, 2.24) is 4.90 Å². The highest BCUT2D eigenvalue weighted by atomic mass is 16.7. The fourth-order valence-electron chi connectivity index (χ4n) is 4.69. The highest BCUT2D eigenvalue weighted by molar-refractivity contribution is 5.78. The molecule has 2 N–H and O–H groups in total. The molecule has 3 aliphatic rings. The lowest BCUT2D eigenvalue weighted by atomic mass is 9.65. The van der Waals surface area contributed by atoms with Gasteiger partial charge in [-0.25, -0.2) is 0 Å². The fourth-order valence-corrected chi connectivity index (χ4v) is 4.69. The second-order valence-corrected chi connectivity index (χ2v) is 7.58. The largest absolute Gasteiger partial charge is 0.454 e. The van der Waals surface area contributed by atoms with Crippen LogP contribution in [0.25, 0.3) is 0 Å². The summed E-state index contributed by atoms with van der Waals surface area (Å²) in [6, 6.07) is 6.20. The van der Waals surface area contributed by atoms with E-state index in [1.807, 2.05) is 30.1 Å². The van der Waals surface area contributed by atoms with E-state index < -0.39 is 0 Å². The molecule has 2 aliphatic carbocycles. The summed E-state index contributed by atoms with van der Waals surface area (Å²) in [4.78, 5) is 14.8. The normalized spacial score (nSPS) is 30.9. The van der Waals surface area contributed by atoms with Crippen molar-refractivity contribution < 1.29 is 14.3 Å². The fraction of sp³-hybridized carbons (Fsp3) is 0.632. The van der Waals surface area contributed by atoms with Gasteiger partial charge in [0.25, 0.3) is 0 Å². The summed E-state index contributed by atoms with van der Waals surface area (Å²) >= 11 is 0. The summed E-state index contributed by atoms with van der Waals surface area (Å²) in [5, 5.41) is 0. The average molecular weight is 330 g/mol. The maximum Gasteiger partial charge on any atom is 0.231 e. The number of hydrogen-bond donors (Lipinski definition) is 1. The van der Waals surface area contributed by atoms with Gasteiger partial charge in [-0.1, -0.05) is 12.5 Å². The Hall–Kier alpha value is -1.75. The lowest BCUT2D eigenvalue weighted by Gasteiger charge is -2.44. The molecule has 1 aromatic carbocycles. The topological polar surface area (TPSA) is 64.8 Å². The van der Waals surface area contributed by atoms with Crippen LogP contribution in [-0.2, 0) is 11.3 Å². The molecule has 0 spiro atoms. The summed E-state index contributed by atoms with van der Waals surface area (Å²) in [7, 11) is 1.90. The van der Waals surface area contributed by atoms with Crippen molar-refractivity contribution >= 4 is 5.91 Å². The van der Waals surface area contributed by atoms with Crippen molar-refractivity contribution in [3.05, 3.63) is 23.8 Å². The number of hydrogen-bond acceptors (Lipinski definition) is 4. The highest BCUT2D eigenvalue weighted by Crippen LogP contribution is 2.42. The second-order valence-electron chi connectivity index (χ2n) is 7.58. The number of amides is 1. The highest BCUT2D eigenvalue weighted by Gasteiger charge is 2.41. The Labute approximate surface area is 143 Å². The van der Waals surface area contributed by atoms with Crippen LogP contribution in [-0.4, -0.2) is 30.7 Å². The number of carbonyl (C=O) groups excluding carboxylic acids is 1. The number of nitrogens with two attached hydrogens (primary N) is 1. The molecule has 4 rings (SSSR count). The number of ether oxygens (including phenoxy) is 2. The van der Waals surface area contributed by atoms with E-state index in [0.29, 0.717) is 24.4 Å². The van der Waals surface area contributed by atoms with E-state index in [1.54, 1.807) is 0 Å². The Morgan fingerprint density at radius 3 is 2.67 bits per heavy atom. The zero-order valence-electron chi connectivity index (χ0n) is 14.2. The van der Waals surface area contributed by atoms with Crippen LogP contribution in [0.1, 0.15) is 37.7 Å². The van der Waals surface area contributed by atoms with Crippen LogP contribution in [0.15, 0.2) is 18.2 Å². The summed E-state index contributed by atoms with van der Waals surface area (Å²) < 4.78 is 10.8. The van der Waals surface area contributed by atoms with Crippen LogP contribution >= 0.6 is 0 Å². The molecule has 1 aliphatic heterocycles. The van der Waals surface area contributed by atoms with Gasteiger partial charge in [-0.2, -0.15) is 0 Å². The van der Waals surface area contributed by atoms with E-state index in [2.05, 4.69) is 0 Å². The lowest BCUT2D eigenvalue weighted by molar-refractivity contribution is -0.137. The third-order valence-corrected chi connectivity index (χ3v) is 6.00. The Morgan fingerprint density at radius 1 is 1.21 bits per heavy atom. The molecule has 5 heteroatoms. The van der Waals surface area contributed by atoms with Gasteiger partial charge in [-0.3, -0.25) is 4.79 Å². The van der Waals surface area contributed by atoms with Gasteiger partial charge < -0.3 is 20.1 Å². The van der Waals surface area contributed by atoms with Crippen molar-refractivity contribution in [2.24, 2.45) is 23.5 Å². The van der Waals surface area contributed by atoms with E-state index in [1.165, 1.54) is 19.3 Å². The van der Waals surface area contributed by atoms with Gasteiger partial charge in [-0.05, 0) is 55.2 Å². The lowest BCUT2D eigenvalue weighted by Crippen LogP contribution is -2.49. The van der Waals surface area contributed by atoms with E-state index in [-0.39, 0.29) is 18.6 Å². The number of benzene rings is 1. The third-order valence-electron chi connectivity index (χ3n) is 6.00. The molecule has 24 heavy (non-hydrogen) atoms. The van der Waals surface area contributed by atoms with E-state index in [0.717, 1.165) is 29.9 Å². The van der Waals surface area contributed by atoms with E-state index in [4.69, 9.17) is 15.2 Å². The molecule has 1 heterocycles. The molecule has 0 saturated heterocycles. The minimum Gasteiger partial charge on any atom is -0.454 e. The predicted octanol–water partition coefficient (Wildman–Crippen LogP) is 2.53. The van der Waals surface area contributed by atoms with Crippen molar-refractivity contribution in [1.29, 1.82) is 0 Å². The predicted molar refractivity (Wildman–Crippen MR) is 90.6 cm³/mol. The van der Waals surface area contributed by atoms with Crippen molar-refractivity contribution in [3.63, 3.8) is 0 Å². The molecule has 2 saturated carbocycles. The molecule has 2 unspecified atom stereocenters. The average Bonchev–Trinajstić information content (AvgIpc) is 3.01. The van der Waals surface area contributed by atoms with Gasteiger partial charge in [0.15, 0.2) is 11.5 Å². The van der Waals surface area contributed by atoms with Gasteiger partial charge >= 0.3 is 0 Å². The minimum atomic E-state index is 0.138. The van der Waals surface area contributed by atoms with Crippen molar-refractivity contribution in [2.45, 2.75) is 44.7 Å². The first-order valence-corrected chi connectivity index (χ1v) is 9.01. The first-order valence-electron chi connectivity index (χ1n) is 9.01. The molecule has 0 aromatic heterocycles. The molecular formula is C19H26N2O3. The molecule has 2 atom stereocenters. The minimum absolute atomic E-state index is 0.138. The van der Waals surface area contributed by atoms with Crippen LogP contribution in [0.5, 0.6) is 11.5 Å². The Kier molecular flexibility index (Phi) is 4.12.